The van der Waals surface area contributed by atoms with Crippen LogP contribution in [-0.2, 0) is 11.2 Å². The fourth-order valence-electron chi connectivity index (χ4n) is 1.49. The van der Waals surface area contributed by atoms with Crippen molar-refractivity contribution in [3.05, 3.63) is 29.8 Å². The number of rotatable bonds is 3. The summed E-state index contributed by atoms with van der Waals surface area (Å²) in [4.78, 5) is 10.9. The summed E-state index contributed by atoms with van der Waals surface area (Å²) in [6, 6.07) is 7.76. The fourth-order valence-corrected chi connectivity index (χ4v) is 1.49. The van der Waals surface area contributed by atoms with E-state index in [0.717, 1.165) is 17.7 Å². The van der Waals surface area contributed by atoms with E-state index in [0.29, 0.717) is 0 Å². The molecule has 0 radical (unpaired) electrons. The molecule has 82 valence electrons. The molecule has 1 aromatic carbocycles. The number of nitrogens with one attached hydrogen (secondary N) is 1. The average Bonchev–Trinajstić information content (AvgIpc) is 1.99. The van der Waals surface area contributed by atoms with Gasteiger partial charge in [-0.15, -0.1) is 0 Å². The molecule has 1 aromatic rings. The third-order valence-electron chi connectivity index (χ3n) is 1.91. The number of hydrogen-bond acceptors (Lipinski definition) is 2. The maximum absolute atomic E-state index is 10.9. The lowest BCUT2D eigenvalue weighted by atomic mass is 9.96. The van der Waals surface area contributed by atoms with Gasteiger partial charge in [0, 0.05) is 18.2 Å². The average molecular weight is 206 g/mol. The van der Waals surface area contributed by atoms with E-state index in [1.807, 2.05) is 38.1 Å². The van der Waals surface area contributed by atoms with E-state index in [-0.39, 0.29) is 11.4 Å². The second-order valence-corrected chi connectivity index (χ2v) is 4.55. The summed E-state index contributed by atoms with van der Waals surface area (Å²) in [6.45, 7) is 5.47. The molecule has 1 amide bonds. The molecule has 0 saturated carbocycles. The molecule has 0 aromatic heterocycles. The monoisotopic (exact) mass is 206 g/mol. The van der Waals surface area contributed by atoms with Crippen molar-refractivity contribution in [3.8, 4) is 0 Å². The van der Waals surface area contributed by atoms with Gasteiger partial charge >= 0.3 is 0 Å². The maximum atomic E-state index is 10.9. The van der Waals surface area contributed by atoms with Crippen molar-refractivity contribution >= 4 is 11.6 Å². The highest BCUT2D eigenvalue weighted by atomic mass is 16.1. The van der Waals surface area contributed by atoms with Crippen molar-refractivity contribution in [2.45, 2.75) is 32.7 Å². The summed E-state index contributed by atoms with van der Waals surface area (Å²) in [5.41, 5.74) is 7.66. The van der Waals surface area contributed by atoms with Crippen LogP contribution < -0.4 is 11.1 Å². The van der Waals surface area contributed by atoms with E-state index in [1.165, 1.54) is 6.92 Å². The smallest absolute Gasteiger partial charge is 0.221 e. The second-order valence-electron chi connectivity index (χ2n) is 4.55. The van der Waals surface area contributed by atoms with Gasteiger partial charge in [-0.25, -0.2) is 0 Å². The van der Waals surface area contributed by atoms with Gasteiger partial charge in [0.1, 0.15) is 0 Å². The summed E-state index contributed by atoms with van der Waals surface area (Å²) < 4.78 is 0. The standard InChI is InChI=1S/C12H18N2O/c1-9(15)14-11-6-4-5-10(7-11)8-12(2,3)13/h4-7H,8,13H2,1-3H3,(H,14,15). The molecule has 0 saturated heterocycles. The molecule has 0 aliphatic heterocycles. The molecule has 0 heterocycles. The summed E-state index contributed by atoms with van der Waals surface area (Å²) >= 11 is 0. The molecule has 0 bridgehead atoms. The van der Waals surface area contributed by atoms with Gasteiger partial charge in [0.2, 0.25) is 5.91 Å². The number of nitrogens with two attached hydrogens (primary N) is 1. The van der Waals surface area contributed by atoms with E-state index in [4.69, 9.17) is 5.73 Å². The van der Waals surface area contributed by atoms with E-state index in [1.54, 1.807) is 0 Å². The first-order valence-corrected chi connectivity index (χ1v) is 5.02. The third-order valence-corrected chi connectivity index (χ3v) is 1.91. The lowest BCUT2D eigenvalue weighted by Crippen LogP contribution is -2.34. The fraction of sp³-hybridized carbons (Fsp3) is 0.417. The molecule has 0 aliphatic carbocycles. The SMILES string of the molecule is CC(=O)Nc1cccc(CC(C)(C)N)c1. The van der Waals surface area contributed by atoms with Crippen molar-refractivity contribution in [2.75, 3.05) is 5.32 Å². The topological polar surface area (TPSA) is 55.1 Å². The van der Waals surface area contributed by atoms with Crippen molar-refractivity contribution in [1.82, 2.24) is 0 Å². The summed E-state index contributed by atoms with van der Waals surface area (Å²) in [5.74, 6) is -0.0563. The summed E-state index contributed by atoms with van der Waals surface area (Å²) in [7, 11) is 0. The third kappa shape index (κ3) is 4.61. The number of carbonyl (C=O) groups excluding carboxylic acids is 1. The quantitative estimate of drug-likeness (QED) is 0.794. The minimum Gasteiger partial charge on any atom is -0.326 e. The van der Waals surface area contributed by atoms with Crippen LogP contribution in [0, 0.1) is 0 Å². The molecule has 0 aliphatic rings. The minimum absolute atomic E-state index is 0.0563. The number of hydrogen-bond donors (Lipinski definition) is 2. The molecule has 3 heteroatoms. The molecular formula is C12H18N2O. The Balaban J connectivity index is 2.79. The van der Waals surface area contributed by atoms with Gasteiger partial charge in [0.05, 0.1) is 0 Å². The van der Waals surface area contributed by atoms with Crippen molar-refractivity contribution < 1.29 is 4.79 Å². The molecule has 15 heavy (non-hydrogen) atoms. The Kier molecular flexibility index (Phi) is 3.48. The first-order valence-electron chi connectivity index (χ1n) is 5.02. The first-order chi connectivity index (χ1) is 6.87. The van der Waals surface area contributed by atoms with E-state index in [9.17, 15) is 4.79 Å². The lowest BCUT2D eigenvalue weighted by Gasteiger charge is -2.18. The van der Waals surface area contributed by atoms with Gasteiger partial charge in [-0.1, -0.05) is 12.1 Å². The highest BCUT2D eigenvalue weighted by molar-refractivity contribution is 5.88. The molecule has 0 unspecified atom stereocenters. The van der Waals surface area contributed by atoms with Crippen LogP contribution in [-0.4, -0.2) is 11.4 Å². The van der Waals surface area contributed by atoms with Crippen LogP contribution in [0.1, 0.15) is 26.3 Å². The van der Waals surface area contributed by atoms with Crippen LogP contribution in [0.3, 0.4) is 0 Å². The van der Waals surface area contributed by atoms with Crippen LogP contribution >= 0.6 is 0 Å². The Morgan fingerprint density at radius 3 is 2.67 bits per heavy atom. The zero-order chi connectivity index (χ0) is 11.5. The van der Waals surface area contributed by atoms with Gasteiger partial charge in [-0.2, -0.15) is 0 Å². The summed E-state index contributed by atoms with van der Waals surface area (Å²) in [6.07, 6.45) is 0.792. The van der Waals surface area contributed by atoms with Gasteiger partial charge in [0.15, 0.2) is 0 Å². The Morgan fingerprint density at radius 2 is 2.13 bits per heavy atom. The van der Waals surface area contributed by atoms with Gasteiger partial charge in [-0.3, -0.25) is 4.79 Å². The van der Waals surface area contributed by atoms with Crippen LogP contribution in [0.5, 0.6) is 0 Å². The van der Waals surface area contributed by atoms with Crippen LogP contribution in [0.2, 0.25) is 0 Å². The van der Waals surface area contributed by atoms with Gasteiger partial charge < -0.3 is 11.1 Å². The van der Waals surface area contributed by atoms with Gasteiger partial charge in [0.25, 0.3) is 0 Å². The Labute approximate surface area is 90.7 Å². The molecule has 0 spiro atoms. The molecule has 0 atom stereocenters. The maximum Gasteiger partial charge on any atom is 0.221 e. The molecule has 3 nitrogen and oxygen atoms in total. The number of benzene rings is 1. The molecule has 3 N–H and O–H groups in total. The summed E-state index contributed by atoms with van der Waals surface area (Å²) in [5, 5.41) is 2.75. The largest absolute Gasteiger partial charge is 0.326 e. The zero-order valence-corrected chi connectivity index (χ0v) is 9.50. The van der Waals surface area contributed by atoms with E-state index < -0.39 is 0 Å². The van der Waals surface area contributed by atoms with Crippen molar-refractivity contribution in [3.63, 3.8) is 0 Å². The highest BCUT2D eigenvalue weighted by Gasteiger charge is 2.11. The molecule has 1 rings (SSSR count). The Hall–Kier alpha value is -1.35. The second kappa shape index (κ2) is 4.45. The van der Waals surface area contributed by atoms with E-state index >= 15 is 0 Å². The number of anilines is 1. The van der Waals surface area contributed by atoms with Crippen LogP contribution in [0.4, 0.5) is 5.69 Å². The predicted molar refractivity (Wildman–Crippen MR) is 62.7 cm³/mol. The van der Waals surface area contributed by atoms with Crippen molar-refractivity contribution in [2.24, 2.45) is 5.73 Å². The Bertz CT molecular complexity index is 353. The van der Waals surface area contributed by atoms with Crippen LogP contribution in [0.25, 0.3) is 0 Å². The Morgan fingerprint density at radius 1 is 1.47 bits per heavy atom. The van der Waals surface area contributed by atoms with Crippen molar-refractivity contribution in [1.29, 1.82) is 0 Å². The highest BCUT2D eigenvalue weighted by Crippen LogP contribution is 2.15. The normalized spacial score (nSPS) is 11.2. The predicted octanol–water partition coefficient (Wildman–Crippen LogP) is 1.92. The number of carbonyl (C=O) groups is 1. The molecule has 0 fully saturated rings. The lowest BCUT2D eigenvalue weighted by molar-refractivity contribution is -0.114. The first kappa shape index (κ1) is 11.7. The minimum atomic E-state index is -0.227. The van der Waals surface area contributed by atoms with Crippen LogP contribution in [0.15, 0.2) is 24.3 Å². The zero-order valence-electron chi connectivity index (χ0n) is 9.50. The number of amides is 1. The van der Waals surface area contributed by atoms with E-state index in [2.05, 4.69) is 5.32 Å². The molecular weight excluding hydrogens is 188 g/mol. The van der Waals surface area contributed by atoms with Gasteiger partial charge in [-0.05, 0) is 38.0 Å².